The highest BCUT2D eigenvalue weighted by Gasteiger charge is 2.18. The Morgan fingerprint density at radius 1 is 1.16 bits per heavy atom. The lowest BCUT2D eigenvalue weighted by molar-refractivity contribution is 0.0595. The van der Waals surface area contributed by atoms with Crippen molar-refractivity contribution in [2.24, 2.45) is 0 Å². The van der Waals surface area contributed by atoms with E-state index < -0.39 is 12.1 Å². The van der Waals surface area contributed by atoms with Crippen molar-refractivity contribution in [1.29, 1.82) is 0 Å². The van der Waals surface area contributed by atoms with Crippen molar-refractivity contribution in [3.8, 4) is 0 Å². The van der Waals surface area contributed by atoms with Gasteiger partial charge in [-0.25, -0.2) is 4.79 Å². The average molecular weight is 321 g/mol. The van der Waals surface area contributed by atoms with E-state index in [4.69, 9.17) is 4.74 Å². The molecule has 0 aliphatic heterocycles. The Morgan fingerprint density at radius 3 is 2.42 bits per heavy atom. The van der Waals surface area contributed by atoms with Gasteiger partial charge in [-0.1, -0.05) is 46.3 Å². The quantitative estimate of drug-likeness (QED) is 0.882. The monoisotopic (exact) mass is 320 g/mol. The molecule has 19 heavy (non-hydrogen) atoms. The molecule has 0 aromatic heterocycles. The molecule has 1 N–H and O–H groups in total. The zero-order chi connectivity index (χ0) is 13.8. The number of rotatable bonds is 3. The van der Waals surface area contributed by atoms with Gasteiger partial charge in [0.05, 0.1) is 12.7 Å². The Balaban J connectivity index is 2.41. The first-order valence-corrected chi connectivity index (χ1v) is 6.53. The number of carbonyl (C=O) groups is 1. The van der Waals surface area contributed by atoms with Crippen LogP contribution in [0.4, 0.5) is 0 Å². The fraction of sp³-hybridized carbons (Fsp3) is 0.133. The van der Waals surface area contributed by atoms with Crippen molar-refractivity contribution in [2.75, 3.05) is 7.11 Å². The summed E-state index contributed by atoms with van der Waals surface area (Å²) in [5.41, 5.74) is 1.64. The van der Waals surface area contributed by atoms with E-state index in [0.29, 0.717) is 11.1 Å². The molecule has 3 nitrogen and oxygen atoms in total. The predicted molar refractivity (Wildman–Crippen MR) is 76.0 cm³/mol. The zero-order valence-electron chi connectivity index (χ0n) is 10.3. The van der Waals surface area contributed by atoms with Gasteiger partial charge in [-0.15, -0.1) is 0 Å². The molecule has 0 aliphatic carbocycles. The van der Waals surface area contributed by atoms with Gasteiger partial charge < -0.3 is 9.84 Å². The maximum atomic E-state index is 11.7. The van der Waals surface area contributed by atoms with Crippen molar-refractivity contribution >= 4 is 21.9 Å². The van der Waals surface area contributed by atoms with Crippen molar-refractivity contribution in [3.63, 3.8) is 0 Å². The van der Waals surface area contributed by atoms with Gasteiger partial charge in [-0.05, 0) is 29.3 Å². The minimum absolute atomic E-state index is 0.375. The fourth-order valence-electron chi connectivity index (χ4n) is 1.86. The number of benzene rings is 2. The zero-order valence-corrected chi connectivity index (χ0v) is 11.9. The van der Waals surface area contributed by atoms with Crippen molar-refractivity contribution < 1.29 is 14.6 Å². The molecule has 98 valence electrons. The molecule has 2 aromatic rings. The third kappa shape index (κ3) is 3.03. The van der Waals surface area contributed by atoms with Crippen LogP contribution >= 0.6 is 15.9 Å². The lowest BCUT2D eigenvalue weighted by Crippen LogP contribution is -2.09. The van der Waals surface area contributed by atoms with Gasteiger partial charge in [-0.3, -0.25) is 0 Å². The smallest absolute Gasteiger partial charge is 0.338 e. The number of esters is 1. The van der Waals surface area contributed by atoms with E-state index >= 15 is 0 Å². The molecule has 0 saturated heterocycles. The summed E-state index contributed by atoms with van der Waals surface area (Å²) in [4.78, 5) is 11.7. The van der Waals surface area contributed by atoms with Gasteiger partial charge in [0.25, 0.3) is 0 Å². The van der Waals surface area contributed by atoms with Crippen LogP contribution in [0.3, 0.4) is 0 Å². The summed E-state index contributed by atoms with van der Waals surface area (Å²) in [7, 11) is 1.32. The Labute approximate surface area is 120 Å². The molecule has 0 amide bonds. The maximum Gasteiger partial charge on any atom is 0.338 e. The number of aliphatic hydroxyl groups is 1. The minimum atomic E-state index is -0.858. The molecular weight excluding hydrogens is 308 g/mol. The van der Waals surface area contributed by atoms with Gasteiger partial charge in [-0.2, -0.15) is 0 Å². The predicted octanol–water partition coefficient (Wildman–Crippen LogP) is 3.32. The van der Waals surface area contributed by atoms with Crippen molar-refractivity contribution in [2.45, 2.75) is 6.10 Å². The number of methoxy groups -OCH3 is 1. The average Bonchev–Trinajstić information content (AvgIpc) is 2.46. The van der Waals surface area contributed by atoms with Crippen LogP contribution < -0.4 is 0 Å². The van der Waals surface area contributed by atoms with E-state index in [9.17, 15) is 9.90 Å². The van der Waals surface area contributed by atoms with E-state index in [1.54, 1.807) is 24.3 Å². The Morgan fingerprint density at radius 2 is 1.79 bits per heavy atom. The first-order valence-electron chi connectivity index (χ1n) is 5.74. The summed E-state index contributed by atoms with van der Waals surface area (Å²) in [6.07, 6.45) is -0.858. The molecule has 0 heterocycles. The molecule has 0 spiro atoms. The standard InChI is InChI=1S/C15H13BrO3/c1-19-15(18)13-5-3-2-4-12(13)14(17)10-6-8-11(16)9-7-10/h2-9,14,17H,1H3. The highest BCUT2D eigenvalue weighted by atomic mass is 79.9. The lowest BCUT2D eigenvalue weighted by Gasteiger charge is -2.14. The van der Waals surface area contributed by atoms with Gasteiger partial charge in [0.15, 0.2) is 0 Å². The first-order chi connectivity index (χ1) is 9.13. The normalized spacial score (nSPS) is 11.9. The molecule has 0 saturated carbocycles. The number of hydrogen-bond donors (Lipinski definition) is 1. The summed E-state index contributed by atoms with van der Waals surface area (Å²) in [5.74, 6) is -0.452. The van der Waals surface area contributed by atoms with E-state index in [1.807, 2.05) is 24.3 Å². The highest BCUT2D eigenvalue weighted by Crippen LogP contribution is 2.26. The number of carbonyl (C=O) groups excluding carboxylic acids is 1. The van der Waals surface area contributed by atoms with Crippen LogP contribution in [0.5, 0.6) is 0 Å². The molecule has 0 fully saturated rings. The van der Waals surface area contributed by atoms with E-state index in [0.717, 1.165) is 10.0 Å². The van der Waals surface area contributed by atoms with Gasteiger partial charge in [0.1, 0.15) is 6.10 Å². The molecule has 2 rings (SSSR count). The first kappa shape index (κ1) is 13.8. The van der Waals surface area contributed by atoms with Crippen LogP contribution in [0.25, 0.3) is 0 Å². The summed E-state index contributed by atoms with van der Waals surface area (Å²) in [6.45, 7) is 0. The van der Waals surface area contributed by atoms with Crippen LogP contribution in [0, 0.1) is 0 Å². The topological polar surface area (TPSA) is 46.5 Å². The van der Waals surface area contributed by atoms with Gasteiger partial charge in [0, 0.05) is 4.47 Å². The van der Waals surface area contributed by atoms with E-state index in [-0.39, 0.29) is 0 Å². The third-order valence-electron chi connectivity index (χ3n) is 2.85. The second-order valence-electron chi connectivity index (χ2n) is 4.03. The van der Waals surface area contributed by atoms with Crippen LogP contribution in [-0.4, -0.2) is 18.2 Å². The second-order valence-corrected chi connectivity index (χ2v) is 4.95. The SMILES string of the molecule is COC(=O)c1ccccc1C(O)c1ccc(Br)cc1. The summed E-state index contributed by atoms with van der Waals surface area (Å²) < 4.78 is 5.66. The van der Waals surface area contributed by atoms with Crippen LogP contribution in [0.1, 0.15) is 27.6 Å². The Bertz CT molecular complexity index is 578. The number of hydrogen-bond acceptors (Lipinski definition) is 3. The van der Waals surface area contributed by atoms with Crippen molar-refractivity contribution in [3.05, 3.63) is 69.7 Å². The van der Waals surface area contributed by atoms with E-state index in [2.05, 4.69) is 15.9 Å². The van der Waals surface area contributed by atoms with Crippen LogP contribution in [-0.2, 0) is 4.74 Å². The molecular formula is C15H13BrO3. The fourth-order valence-corrected chi connectivity index (χ4v) is 2.12. The molecule has 0 aliphatic rings. The largest absolute Gasteiger partial charge is 0.465 e. The molecule has 1 atom stereocenters. The number of halogens is 1. The molecule has 0 bridgehead atoms. The second kappa shape index (κ2) is 5.99. The Kier molecular flexibility index (Phi) is 4.35. The third-order valence-corrected chi connectivity index (χ3v) is 3.38. The molecule has 1 unspecified atom stereocenters. The number of ether oxygens (including phenoxy) is 1. The molecule has 0 radical (unpaired) electrons. The summed E-state index contributed by atoms with van der Waals surface area (Å²) in [6, 6.07) is 14.2. The number of aliphatic hydroxyl groups excluding tert-OH is 1. The molecule has 4 heteroatoms. The Hall–Kier alpha value is -1.65. The van der Waals surface area contributed by atoms with E-state index in [1.165, 1.54) is 7.11 Å². The van der Waals surface area contributed by atoms with Gasteiger partial charge in [0.2, 0.25) is 0 Å². The molecule has 2 aromatic carbocycles. The van der Waals surface area contributed by atoms with Crippen molar-refractivity contribution in [1.82, 2.24) is 0 Å². The van der Waals surface area contributed by atoms with Crippen LogP contribution in [0.15, 0.2) is 53.0 Å². The summed E-state index contributed by atoms with van der Waals surface area (Å²) >= 11 is 3.34. The minimum Gasteiger partial charge on any atom is -0.465 e. The maximum absolute atomic E-state index is 11.7. The highest BCUT2D eigenvalue weighted by molar-refractivity contribution is 9.10. The lowest BCUT2D eigenvalue weighted by atomic mass is 9.97. The summed E-state index contributed by atoms with van der Waals surface area (Å²) in [5, 5.41) is 10.4. The van der Waals surface area contributed by atoms with Gasteiger partial charge >= 0.3 is 5.97 Å². The van der Waals surface area contributed by atoms with Crippen LogP contribution in [0.2, 0.25) is 0 Å².